The summed E-state index contributed by atoms with van der Waals surface area (Å²) in [5.41, 5.74) is 0. The van der Waals surface area contributed by atoms with E-state index in [1.54, 1.807) is 18.9 Å². The van der Waals surface area contributed by atoms with Crippen molar-refractivity contribution in [3.05, 3.63) is 11.2 Å². The van der Waals surface area contributed by atoms with Gasteiger partial charge >= 0.3 is 0 Å². The topological polar surface area (TPSA) is 70.2 Å². The molecule has 0 aliphatic heterocycles. The van der Waals surface area contributed by atoms with E-state index < -0.39 is 6.04 Å². The summed E-state index contributed by atoms with van der Waals surface area (Å²) in [5, 5.41) is 6.39. The molecular weight excluding hydrogens is 266 g/mol. The lowest BCUT2D eigenvalue weighted by Crippen LogP contribution is -2.39. The molecule has 0 aromatic carbocycles. The third kappa shape index (κ3) is 4.24. The molecule has 1 atom stereocenters. The first-order chi connectivity index (χ1) is 8.99. The summed E-state index contributed by atoms with van der Waals surface area (Å²) in [5.74, 6) is 0.929. The van der Waals surface area contributed by atoms with Crippen LogP contribution in [0.2, 0.25) is 5.02 Å². The highest BCUT2D eigenvalue weighted by Gasteiger charge is 2.18. The first-order valence-corrected chi connectivity index (χ1v) is 6.65. The van der Waals surface area contributed by atoms with Gasteiger partial charge in [-0.1, -0.05) is 11.6 Å². The summed E-state index contributed by atoms with van der Waals surface area (Å²) in [6.07, 6.45) is 1.51. The minimum absolute atomic E-state index is 0.0119. The maximum Gasteiger partial charge on any atom is 0.244 e. The predicted molar refractivity (Wildman–Crippen MR) is 77.6 cm³/mol. The van der Waals surface area contributed by atoms with Crippen molar-refractivity contribution >= 4 is 29.3 Å². The van der Waals surface area contributed by atoms with Crippen LogP contribution in [0.4, 0.5) is 11.8 Å². The second kappa shape index (κ2) is 7.13. The first kappa shape index (κ1) is 15.5. The molecular formula is C12H20ClN5O. The molecule has 1 aromatic heterocycles. The lowest BCUT2D eigenvalue weighted by Gasteiger charge is -2.21. The molecule has 0 aliphatic rings. The van der Waals surface area contributed by atoms with Gasteiger partial charge < -0.3 is 15.5 Å². The van der Waals surface area contributed by atoms with Gasteiger partial charge in [0, 0.05) is 20.1 Å². The molecule has 0 saturated carbocycles. The zero-order valence-corrected chi connectivity index (χ0v) is 12.5. The van der Waals surface area contributed by atoms with E-state index in [-0.39, 0.29) is 5.91 Å². The summed E-state index contributed by atoms with van der Waals surface area (Å²) in [4.78, 5) is 21.9. The Balaban J connectivity index is 2.80. The van der Waals surface area contributed by atoms with Gasteiger partial charge in [-0.2, -0.15) is 4.98 Å². The Kier molecular flexibility index (Phi) is 5.82. The van der Waals surface area contributed by atoms with Gasteiger partial charge in [-0.25, -0.2) is 4.98 Å². The largest absolute Gasteiger partial charge is 0.357 e. The monoisotopic (exact) mass is 285 g/mol. The number of hydrogen-bond donors (Lipinski definition) is 2. The van der Waals surface area contributed by atoms with Gasteiger partial charge in [0.15, 0.2) is 5.82 Å². The summed E-state index contributed by atoms with van der Waals surface area (Å²) < 4.78 is 0. The fourth-order valence-corrected chi connectivity index (χ4v) is 1.61. The minimum atomic E-state index is -0.396. The van der Waals surface area contributed by atoms with E-state index in [0.29, 0.717) is 29.9 Å². The van der Waals surface area contributed by atoms with Gasteiger partial charge in [-0.05, 0) is 20.8 Å². The van der Waals surface area contributed by atoms with Crippen molar-refractivity contribution in [2.75, 3.05) is 30.8 Å². The molecule has 0 radical (unpaired) electrons. The molecule has 0 saturated heterocycles. The molecule has 1 rings (SSSR count). The van der Waals surface area contributed by atoms with E-state index in [0.717, 1.165) is 0 Å². The highest BCUT2D eigenvalue weighted by Crippen LogP contribution is 2.20. The SMILES string of the molecule is CCNc1ncc(Cl)c(NC(C)C(=O)N(C)CC)n1. The number of carbonyl (C=O) groups excluding carboxylic acids is 1. The molecule has 2 N–H and O–H groups in total. The van der Waals surface area contributed by atoms with E-state index in [1.165, 1.54) is 6.20 Å². The molecule has 1 aromatic rings. The number of nitrogens with one attached hydrogen (secondary N) is 2. The highest BCUT2D eigenvalue weighted by molar-refractivity contribution is 6.32. The molecule has 0 bridgehead atoms. The molecule has 6 nitrogen and oxygen atoms in total. The number of carbonyl (C=O) groups is 1. The molecule has 106 valence electrons. The van der Waals surface area contributed by atoms with Gasteiger partial charge in [-0.15, -0.1) is 0 Å². The van der Waals surface area contributed by atoms with Crippen molar-refractivity contribution in [3.8, 4) is 0 Å². The molecule has 0 fully saturated rings. The van der Waals surface area contributed by atoms with Crippen molar-refractivity contribution in [2.24, 2.45) is 0 Å². The van der Waals surface area contributed by atoms with Gasteiger partial charge in [0.25, 0.3) is 0 Å². The second-order valence-electron chi connectivity index (χ2n) is 4.14. The Hall–Kier alpha value is -1.56. The Morgan fingerprint density at radius 2 is 2.21 bits per heavy atom. The fraction of sp³-hybridized carbons (Fsp3) is 0.583. The van der Waals surface area contributed by atoms with Crippen LogP contribution in [0, 0.1) is 0 Å². The summed E-state index contributed by atoms with van der Waals surface area (Å²) in [6.45, 7) is 7.03. The van der Waals surface area contributed by atoms with Crippen molar-refractivity contribution in [1.29, 1.82) is 0 Å². The number of amides is 1. The van der Waals surface area contributed by atoms with Gasteiger partial charge in [-0.3, -0.25) is 4.79 Å². The average molecular weight is 286 g/mol. The molecule has 7 heteroatoms. The Morgan fingerprint density at radius 3 is 2.79 bits per heavy atom. The maximum absolute atomic E-state index is 12.0. The lowest BCUT2D eigenvalue weighted by molar-refractivity contribution is -0.130. The van der Waals surface area contributed by atoms with Crippen molar-refractivity contribution in [1.82, 2.24) is 14.9 Å². The van der Waals surface area contributed by atoms with Crippen LogP contribution in [0.5, 0.6) is 0 Å². The molecule has 1 heterocycles. The van der Waals surface area contributed by atoms with E-state index in [2.05, 4.69) is 20.6 Å². The zero-order valence-electron chi connectivity index (χ0n) is 11.7. The smallest absolute Gasteiger partial charge is 0.244 e. The Morgan fingerprint density at radius 1 is 1.53 bits per heavy atom. The lowest BCUT2D eigenvalue weighted by atomic mass is 10.3. The number of halogens is 1. The van der Waals surface area contributed by atoms with Crippen LogP contribution >= 0.6 is 11.6 Å². The van der Waals surface area contributed by atoms with Gasteiger partial charge in [0.1, 0.15) is 11.1 Å². The van der Waals surface area contributed by atoms with Crippen molar-refractivity contribution < 1.29 is 4.79 Å². The number of hydrogen-bond acceptors (Lipinski definition) is 5. The Bertz CT molecular complexity index is 440. The zero-order chi connectivity index (χ0) is 14.4. The third-order valence-electron chi connectivity index (χ3n) is 2.65. The second-order valence-corrected chi connectivity index (χ2v) is 4.55. The van der Waals surface area contributed by atoms with Crippen LogP contribution in [0.15, 0.2) is 6.20 Å². The van der Waals surface area contributed by atoms with Crippen LogP contribution < -0.4 is 10.6 Å². The van der Waals surface area contributed by atoms with E-state index in [9.17, 15) is 4.79 Å². The number of nitrogens with zero attached hydrogens (tertiary/aromatic N) is 3. The van der Waals surface area contributed by atoms with E-state index in [4.69, 9.17) is 11.6 Å². The van der Waals surface area contributed by atoms with Crippen LogP contribution in [-0.4, -0.2) is 47.0 Å². The normalized spacial score (nSPS) is 11.8. The summed E-state index contributed by atoms with van der Waals surface area (Å²) in [7, 11) is 1.76. The molecule has 1 amide bonds. The van der Waals surface area contributed by atoms with Gasteiger partial charge in [0.05, 0.1) is 6.20 Å². The number of rotatable bonds is 6. The van der Waals surface area contributed by atoms with Crippen molar-refractivity contribution in [3.63, 3.8) is 0 Å². The highest BCUT2D eigenvalue weighted by atomic mass is 35.5. The van der Waals surface area contributed by atoms with Crippen LogP contribution in [0.1, 0.15) is 20.8 Å². The van der Waals surface area contributed by atoms with E-state index in [1.807, 2.05) is 13.8 Å². The predicted octanol–water partition coefficient (Wildman–Crippen LogP) is 1.84. The Labute approximate surface area is 118 Å². The minimum Gasteiger partial charge on any atom is -0.357 e. The maximum atomic E-state index is 12.0. The van der Waals surface area contributed by atoms with Crippen LogP contribution in [0.25, 0.3) is 0 Å². The molecule has 19 heavy (non-hydrogen) atoms. The van der Waals surface area contributed by atoms with Crippen LogP contribution in [0.3, 0.4) is 0 Å². The van der Waals surface area contributed by atoms with Crippen molar-refractivity contribution in [2.45, 2.75) is 26.8 Å². The van der Waals surface area contributed by atoms with Crippen LogP contribution in [-0.2, 0) is 4.79 Å². The number of likely N-dealkylation sites (N-methyl/N-ethyl adjacent to an activating group) is 1. The standard InChI is InChI=1S/C12H20ClN5O/c1-5-14-12-15-7-9(13)10(17-12)16-8(3)11(19)18(4)6-2/h7-8H,5-6H2,1-4H3,(H2,14,15,16,17). The third-order valence-corrected chi connectivity index (χ3v) is 2.93. The first-order valence-electron chi connectivity index (χ1n) is 6.27. The average Bonchev–Trinajstić information content (AvgIpc) is 2.41. The molecule has 0 aliphatic carbocycles. The number of anilines is 2. The summed E-state index contributed by atoms with van der Waals surface area (Å²) >= 11 is 6.02. The number of aromatic nitrogens is 2. The quantitative estimate of drug-likeness (QED) is 0.835. The van der Waals surface area contributed by atoms with E-state index >= 15 is 0 Å². The molecule has 0 spiro atoms. The summed E-state index contributed by atoms with van der Waals surface area (Å²) in [6, 6.07) is -0.396. The molecule has 1 unspecified atom stereocenters. The fourth-order valence-electron chi connectivity index (χ4n) is 1.46. The van der Waals surface area contributed by atoms with Gasteiger partial charge in [0.2, 0.25) is 11.9 Å².